The number of rotatable bonds is 5. The van der Waals surface area contributed by atoms with Gasteiger partial charge in [-0.05, 0) is 42.7 Å². The number of nitrogens with two attached hydrogens (primary N) is 1. The molecule has 2 N–H and O–H groups in total. The lowest BCUT2D eigenvalue weighted by atomic mass is 10.0. The summed E-state index contributed by atoms with van der Waals surface area (Å²) in [4.78, 5) is 0. The number of benzene rings is 1. The molecule has 18 heavy (non-hydrogen) atoms. The zero-order valence-corrected chi connectivity index (χ0v) is 12.2. The van der Waals surface area contributed by atoms with Crippen molar-refractivity contribution in [1.29, 1.82) is 0 Å². The highest BCUT2D eigenvalue weighted by Crippen LogP contribution is 2.22. The van der Waals surface area contributed by atoms with Gasteiger partial charge in [0.05, 0.1) is 6.26 Å². The van der Waals surface area contributed by atoms with Crippen LogP contribution in [0.25, 0.3) is 0 Å². The summed E-state index contributed by atoms with van der Waals surface area (Å²) < 4.78 is 6.27. The van der Waals surface area contributed by atoms with E-state index in [0.717, 1.165) is 40.1 Å². The molecule has 0 amide bonds. The van der Waals surface area contributed by atoms with Crippen molar-refractivity contribution in [2.24, 2.45) is 5.73 Å². The highest BCUT2D eigenvalue weighted by atomic mass is 79.9. The fourth-order valence-electron chi connectivity index (χ4n) is 1.85. The van der Waals surface area contributed by atoms with Crippen LogP contribution in [0.4, 0.5) is 0 Å². The van der Waals surface area contributed by atoms with Gasteiger partial charge >= 0.3 is 0 Å². The van der Waals surface area contributed by atoms with Crippen LogP contribution in [0.5, 0.6) is 0 Å². The van der Waals surface area contributed by atoms with Crippen LogP contribution < -0.4 is 5.73 Å². The van der Waals surface area contributed by atoms with Crippen molar-refractivity contribution in [3.8, 4) is 0 Å². The predicted octanol–water partition coefficient (Wildman–Crippen LogP) is 4.20. The zero-order chi connectivity index (χ0) is 13.0. The second-order valence-corrected chi connectivity index (χ2v) is 5.64. The van der Waals surface area contributed by atoms with Crippen molar-refractivity contribution in [2.75, 3.05) is 0 Å². The van der Waals surface area contributed by atoms with E-state index in [1.165, 1.54) is 0 Å². The fourth-order valence-corrected chi connectivity index (χ4v) is 2.60. The molecule has 0 bridgehead atoms. The number of aryl methyl sites for hydroxylation is 1. The molecule has 1 heterocycles. The molecule has 1 aromatic heterocycles. The Hall–Kier alpha value is -0.770. The third-order valence-corrected chi connectivity index (χ3v) is 3.68. The summed E-state index contributed by atoms with van der Waals surface area (Å²) in [5, 5.41) is 0.762. The third-order valence-electron chi connectivity index (χ3n) is 2.84. The van der Waals surface area contributed by atoms with E-state index in [9.17, 15) is 0 Å². The van der Waals surface area contributed by atoms with Crippen LogP contribution in [-0.2, 0) is 12.8 Å². The number of halogens is 2. The molecule has 0 saturated heterocycles. The van der Waals surface area contributed by atoms with Crippen molar-refractivity contribution in [3.63, 3.8) is 0 Å². The van der Waals surface area contributed by atoms with E-state index >= 15 is 0 Å². The van der Waals surface area contributed by atoms with E-state index in [2.05, 4.69) is 15.9 Å². The van der Waals surface area contributed by atoms with E-state index in [1.807, 2.05) is 30.3 Å². The molecule has 2 rings (SSSR count). The SMILES string of the molecule is NC(CCc1ccco1)Cc1ccc(Br)cc1Cl. The molecular formula is C14H15BrClNO. The highest BCUT2D eigenvalue weighted by molar-refractivity contribution is 9.10. The van der Waals surface area contributed by atoms with Crippen LogP contribution in [0.2, 0.25) is 5.02 Å². The Bertz CT molecular complexity index is 499. The van der Waals surface area contributed by atoms with Crippen molar-refractivity contribution in [2.45, 2.75) is 25.3 Å². The van der Waals surface area contributed by atoms with Gasteiger partial charge in [-0.1, -0.05) is 33.6 Å². The Balaban J connectivity index is 1.88. The van der Waals surface area contributed by atoms with Crippen LogP contribution in [-0.4, -0.2) is 6.04 Å². The standard InChI is InChI=1S/C14H15BrClNO/c15-11-4-3-10(14(16)9-11)8-12(17)5-6-13-2-1-7-18-13/h1-4,7,9,12H,5-6,8,17H2. The largest absolute Gasteiger partial charge is 0.469 e. The second-order valence-electron chi connectivity index (χ2n) is 4.32. The Morgan fingerprint density at radius 1 is 1.33 bits per heavy atom. The first-order valence-corrected chi connectivity index (χ1v) is 7.04. The smallest absolute Gasteiger partial charge is 0.103 e. The van der Waals surface area contributed by atoms with Crippen LogP contribution in [0.1, 0.15) is 17.7 Å². The van der Waals surface area contributed by atoms with Crippen LogP contribution in [0.15, 0.2) is 45.5 Å². The number of hydrogen-bond acceptors (Lipinski definition) is 2. The minimum absolute atomic E-state index is 0.0915. The molecule has 0 radical (unpaired) electrons. The van der Waals surface area contributed by atoms with Gasteiger partial charge < -0.3 is 10.2 Å². The summed E-state index contributed by atoms with van der Waals surface area (Å²) in [6.07, 6.45) is 4.22. The molecule has 0 aliphatic heterocycles. The zero-order valence-electron chi connectivity index (χ0n) is 9.90. The van der Waals surface area contributed by atoms with E-state index in [4.69, 9.17) is 21.8 Å². The maximum Gasteiger partial charge on any atom is 0.103 e. The monoisotopic (exact) mass is 327 g/mol. The molecule has 96 valence electrons. The van der Waals surface area contributed by atoms with Gasteiger partial charge in [0.1, 0.15) is 5.76 Å². The third kappa shape index (κ3) is 3.87. The fraction of sp³-hybridized carbons (Fsp3) is 0.286. The summed E-state index contributed by atoms with van der Waals surface area (Å²) in [6.45, 7) is 0. The van der Waals surface area contributed by atoms with E-state index in [1.54, 1.807) is 6.26 Å². The topological polar surface area (TPSA) is 39.2 Å². The summed E-state index contributed by atoms with van der Waals surface area (Å²) in [5.41, 5.74) is 7.21. The Morgan fingerprint density at radius 3 is 2.83 bits per heavy atom. The molecule has 0 aliphatic carbocycles. The lowest BCUT2D eigenvalue weighted by Gasteiger charge is -2.12. The molecule has 0 fully saturated rings. The molecule has 0 spiro atoms. The highest BCUT2D eigenvalue weighted by Gasteiger charge is 2.09. The lowest BCUT2D eigenvalue weighted by Crippen LogP contribution is -2.23. The molecule has 1 unspecified atom stereocenters. The molecule has 1 atom stereocenters. The summed E-state index contributed by atoms with van der Waals surface area (Å²) in [7, 11) is 0. The van der Waals surface area contributed by atoms with Crippen LogP contribution >= 0.6 is 27.5 Å². The van der Waals surface area contributed by atoms with Gasteiger partial charge in [0.25, 0.3) is 0 Å². The minimum atomic E-state index is 0.0915. The van der Waals surface area contributed by atoms with E-state index < -0.39 is 0 Å². The number of furan rings is 1. The van der Waals surface area contributed by atoms with Gasteiger partial charge in [-0.3, -0.25) is 0 Å². The Morgan fingerprint density at radius 2 is 2.17 bits per heavy atom. The Kier molecular flexibility index (Phi) is 4.87. The van der Waals surface area contributed by atoms with Gasteiger partial charge in [0.2, 0.25) is 0 Å². The molecule has 1 aromatic carbocycles. The first-order valence-electron chi connectivity index (χ1n) is 5.87. The summed E-state index contributed by atoms with van der Waals surface area (Å²) in [6, 6.07) is 9.86. The molecule has 2 nitrogen and oxygen atoms in total. The molecule has 0 saturated carbocycles. The maximum absolute atomic E-state index is 6.17. The van der Waals surface area contributed by atoms with Gasteiger partial charge in [-0.25, -0.2) is 0 Å². The van der Waals surface area contributed by atoms with Gasteiger partial charge in [-0.2, -0.15) is 0 Å². The van der Waals surface area contributed by atoms with Crippen LogP contribution in [0.3, 0.4) is 0 Å². The van der Waals surface area contributed by atoms with E-state index in [0.29, 0.717) is 0 Å². The molecular weight excluding hydrogens is 314 g/mol. The van der Waals surface area contributed by atoms with Crippen molar-refractivity contribution < 1.29 is 4.42 Å². The van der Waals surface area contributed by atoms with Crippen LogP contribution in [0, 0.1) is 0 Å². The van der Waals surface area contributed by atoms with Gasteiger partial charge in [0, 0.05) is 22.0 Å². The van der Waals surface area contributed by atoms with Gasteiger partial charge in [-0.15, -0.1) is 0 Å². The minimum Gasteiger partial charge on any atom is -0.469 e. The predicted molar refractivity (Wildman–Crippen MR) is 77.9 cm³/mol. The quantitative estimate of drug-likeness (QED) is 0.893. The van der Waals surface area contributed by atoms with E-state index in [-0.39, 0.29) is 6.04 Å². The Labute approximate surface area is 120 Å². The normalized spacial score (nSPS) is 12.6. The second kappa shape index (κ2) is 6.41. The first-order chi connectivity index (χ1) is 8.65. The average molecular weight is 329 g/mol. The molecule has 2 aromatic rings. The number of hydrogen-bond donors (Lipinski definition) is 1. The lowest BCUT2D eigenvalue weighted by molar-refractivity contribution is 0.484. The first kappa shape index (κ1) is 13.7. The molecule has 4 heteroatoms. The summed E-state index contributed by atoms with van der Waals surface area (Å²) in [5.74, 6) is 0.979. The van der Waals surface area contributed by atoms with Crippen molar-refractivity contribution >= 4 is 27.5 Å². The van der Waals surface area contributed by atoms with Gasteiger partial charge in [0.15, 0.2) is 0 Å². The average Bonchev–Trinajstić information content (AvgIpc) is 2.83. The van der Waals surface area contributed by atoms with Crippen molar-refractivity contribution in [1.82, 2.24) is 0 Å². The summed E-state index contributed by atoms with van der Waals surface area (Å²) >= 11 is 9.56. The maximum atomic E-state index is 6.17. The van der Waals surface area contributed by atoms with Crippen molar-refractivity contribution in [3.05, 3.63) is 57.4 Å². The molecule has 0 aliphatic rings.